The highest BCUT2D eigenvalue weighted by Crippen LogP contribution is 2.41. The standard InChI is InChI=1S/C8H25N3O12P4/c12-24(13,14)5-9-1-2-10(6-25(15,16)17)3-4-11(7-26(18,19)20)8-27(21,22)23/h9H,1-8H2,(H2,12,13,14)(H2,15,16,17)(H2,18,19,20)(H2,21,22,23). The van der Waals surface area contributed by atoms with E-state index in [4.69, 9.17) is 39.1 Å². The van der Waals surface area contributed by atoms with Crippen LogP contribution in [-0.2, 0) is 18.3 Å². The van der Waals surface area contributed by atoms with Crippen LogP contribution in [0.3, 0.4) is 0 Å². The summed E-state index contributed by atoms with van der Waals surface area (Å²) in [5, 5.41) is 2.39. The van der Waals surface area contributed by atoms with Crippen molar-refractivity contribution in [3.63, 3.8) is 0 Å². The summed E-state index contributed by atoms with van der Waals surface area (Å²) in [4.78, 5) is 73.4. The third-order valence-electron chi connectivity index (χ3n) is 2.81. The lowest BCUT2D eigenvalue weighted by atomic mass is 10.5. The van der Waals surface area contributed by atoms with Gasteiger partial charge in [-0.15, -0.1) is 0 Å². The third kappa shape index (κ3) is 19.6. The Bertz CT molecular complexity index is 613. The van der Waals surface area contributed by atoms with Crippen LogP contribution in [0.2, 0.25) is 0 Å². The fraction of sp³-hybridized carbons (Fsp3) is 1.00. The van der Waals surface area contributed by atoms with Gasteiger partial charge in [0.15, 0.2) is 0 Å². The molecular weight excluding hydrogens is 454 g/mol. The van der Waals surface area contributed by atoms with E-state index in [0.717, 1.165) is 9.80 Å². The maximum absolute atomic E-state index is 11.2. The lowest BCUT2D eigenvalue weighted by Crippen LogP contribution is -2.39. The average molecular weight is 479 g/mol. The average Bonchev–Trinajstić information content (AvgIpc) is 2.34. The second kappa shape index (κ2) is 11.0. The fourth-order valence-electron chi connectivity index (χ4n) is 1.97. The molecule has 0 aromatic rings. The predicted molar refractivity (Wildman–Crippen MR) is 93.9 cm³/mol. The Morgan fingerprint density at radius 3 is 1.30 bits per heavy atom. The van der Waals surface area contributed by atoms with Gasteiger partial charge < -0.3 is 44.5 Å². The van der Waals surface area contributed by atoms with Crippen LogP contribution in [0.1, 0.15) is 0 Å². The van der Waals surface area contributed by atoms with Gasteiger partial charge in [0.25, 0.3) is 0 Å². The van der Waals surface area contributed by atoms with Crippen molar-refractivity contribution in [3.05, 3.63) is 0 Å². The number of nitrogens with one attached hydrogen (secondary N) is 1. The van der Waals surface area contributed by atoms with E-state index in [9.17, 15) is 18.3 Å². The Morgan fingerprint density at radius 1 is 0.556 bits per heavy atom. The quantitative estimate of drug-likeness (QED) is 0.0940. The molecule has 0 amide bonds. The van der Waals surface area contributed by atoms with Crippen LogP contribution >= 0.6 is 30.4 Å². The Balaban J connectivity index is 4.88. The van der Waals surface area contributed by atoms with Gasteiger partial charge in [-0.2, -0.15) is 0 Å². The molecule has 27 heavy (non-hydrogen) atoms. The first kappa shape index (κ1) is 27.5. The minimum absolute atomic E-state index is 0.0674. The molecule has 0 unspecified atom stereocenters. The number of nitrogens with zero attached hydrogens (tertiary/aromatic N) is 2. The highest BCUT2D eigenvalue weighted by atomic mass is 31.2. The summed E-state index contributed by atoms with van der Waals surface area (Å²) in [6.45, 7) is -0.704. The summed E-state index contributed by atoms with van der Waals surface area (Å²) in [6.07, 6.45) is -3.33. The highest BCUT2D eigenvalue weighted by Gasteiger charge is 2.27. The van der Waals surface area contributed by atoms with Gasteiger partial charge in [-0.1, -0.05) is 0 Å². The Morgan fingerprint density at radius 2 is 0.926 bits per heavy atom. The lowest BCUT2D eigenvalue weighted by Gasteiger charge is -2.28. The SMILES string of the molecule is O=P(O)(O)CNCCN(CCN(CP(=O)(O)O)CP(=O)(O)O)CP(=O)(O)O. The first-order valence-corrected chi connectivity index (χ1v) is 14.4. The molecule has 9 N–H and O–H groups in total. The summed E-state index contributed by atoms with van der Waals surface area (Å²) >= 11 is 0. The Hall–Kier alpha value is 0.480. The molecule has 0 rings (SSSR count). The maximum atomic E-state index is 11.2. The van der Waals surface area contributed by atoms with Gasteiger partial charge in [-0.3, -0.25) is 28.1 Å². The van der Waals surface area contributed by atoms with Crippen LogP contribution in [0.25, 0.3) is 0 Å². The molecule has 0 aliphatic carbocycles. The molecule has 0 radical (unpaired) electrons. The largest absolute Gasteiger partial charge is 0.339 e. The lowest BCUT2D eigenvalue weighted by molar-refractivity contribution is 0.222. The van der Waals surface area contributed by atoms with Crippen molar-refractivity contribution < 1.29 is 57.4 Å². The van der Waals surface area contributed by atoms with E-state index in [0.29, 0.717) is 0 Å². The van der Waals surface area contributed by atoms with Gasteiger partial charge in [-0.05, 0) is 0 Å². The molecule has 0 saturated carbocycles. The van der Waals surface area contributed by atoms with Gasteiger partial charge in [0, 0.05) is 26.2 Å². The second-order valence-corrected chi connectivity index (χ2v) is 12.2. The summed E-state index contributed by atoms with van der Waals surface area (Å²) < 4.78 is 44.1. The van der Waals surface area contributed by atoms with Crippen molar-refractivity contribution in [1.82, 2.24) is 15.1 Å². The van der Waals surface area contributed by atoms with Crippen molar-refractivity contribution in [2.24, 2.45) is 0 Å². The molecule has 0 aromatic heterocycles. The zero-order valence-corrected chi connectivity index (χ0v) is 17.6. The molecule has 0 atom stereocenters. The monoisotopic (exact) mass is 479 g/mol. The van der Waals surface area contributed by atoms with E-state index < -0.39 is 55.5 Å². The number of hydrogen-bond donors (Lipinski definition) is 9. The van der Waals surface area contributed by atoms with Crippen molar-refractivity contribution in [2.45, 2.75) is 0 Å². The van der Waals surface area contributed by atoms with Gasteiger partial charge in [0.05, 0.1) is 6.29 Å². The highest BCUT2D eigenvalue weighted by molar-refractivity contribution is 7.52. The number of rotatable bonds is 14. The second-order valence-electron chi connectivity index (χ2n) is 5.75. The van der Waals surface area contributed by atoms with E-state index in [1.165, 1.54) is 0 Å². The van der Waals surface area contributed by atoms with E-state index in [1.54, 1.807) is 0 Å². The molecule has 0 aliphatic rings. The maximum Gasteiger partial charge on any atom is 0.339 e. The molecule has 15 nitrogen and oxygen atoms in total. The summed E-state index contributed by atoms with van der Waals surface area (Å²) in [5.41, 5.74) is 0. The van der Waals surface area contributed by atoms with Crippen molar-refractivity contribution in [3.8, 4) is 0 Å². The minimum Gasteiger partial charge on any atom is -0.324 e. The van der Waals surface area contributed by atoms with Crippen LogP contribution in [-0.4, -0.2) is 100 Å². The topological polar surface area (TPSA) is 249 Å². The molecule has 0 aromatic carbocycles. The molecule has 164 valence electrons. The fourth-order valence-corrected chi connectivity index (χ4v) is 4.90. The van der Waals surface area contributed by atoms with Crippen LogP contribution in [0.15, 0.2) is 0 Å². The van der Waals surface area contributed by atoms with Gasteiger partial charge >= 0.3 is 30.4 Å². The molecule has 0 saturated heterocycles. The molecule has 0 spiro atoms. The number of hydrogen-bond acceptors (Lipinski definition) is 7. The first-order chi connectivity index (χ1) is 11.9. The van der Waals surface area contributed by atoms with Gasteiger partial charge in [0.2, 0.25) is 0 Å². The van der Waals surface area contributed by atoms with E-state index >= 15 is 0 Å². The predicted octanol–water partition coefficient (Wildman–Crippen LogP) is -2.28. The normalized spacial score (nSPS) is 14.3. The van der Waals surface area contributed by atoms with E-state index in [2.05, 4.69) is 5.32 Å². The van der Waals surface area contributed by atoms with Crippen LogP contribution in [0, 0.1) is 0 Å². The van der Waals surface area contributed by atoms with Crippen LogP contribution < -0.4 is 5.32 Å². The Kier molecular flexibility index (Phi) is 11.2. The zero-order chi connectivity index (χ0) is 21.5. The third-order valence-corrected chi connectivity index (χ3v) is 5.75. The van der Waals surface area contributed by atoms with Gasteiger partial charge in [-0.25, -0.2) is 0 Å². The molecular formula is C8H25N3O12P4. The summed E-state index contributed by atoms with van der Waals surface area (Å²) in [5.74, 6) is 0. The molecule has 0 bridgehead atoms. The molecule has 0 aliphatic heterocycles. The zero-order valence-electron chi connectivity index (χ0n) is 14.1. The van der Waals surface area contributed by atoms with Gasteiger partial charge in [0.1, 0.15) is 18.9 Å². The Labute approximate surface area is 155 Å². The van der Waals surface area contributed by atoms with E-state index in [-0.39, 0.29) is 26.2 Å². The summed E-state index contributed by atoms with van der Waals surface area (Å²) in [7, 11) is -18.1. The van der Waals surface area contributed by atoms with Crippen LogP contribution in [0.4, 0.5) is 0 Å². The molecule has 19 heteroatoms. The first-order valence-electron chi connectivity index (χ1n) is 7.20. The van der Waals surface area contributed by atoms with Crippen molar-refractivity contribution in [2.75, 3.05) is 51.3 Å². The van der Waals surface area contributed by atoms with Crippen LogP contribution in [0.5, 0.6) is 0 Å². The molecule has 0 fully saturated rings. The minimum atomic E-state index is -4.64. The van der Waals surface area contributed by atoms with E-state index in [1.807, 2.05) is 0 Å². The summed E-state index contributed by atoms with van der Waals surface area (Å²) in [6, 6.07) is 0. The van der Waals surface area contributed by atoms with Crippen molar-refractivity contribution >= 4 is 30.4 Å². The van der Waals surface area contributed by atoms with Crippen molar-refractivity contribution in [1.29, 1.82) is 0 Å². The smallest absolute Gasteiger partial charge is 0.324 e. The molecule has 0 heterocycles.